The maximum absolute atomic E-state index is 13.9. The Morgan fingerprint density at radius 3 is 2.27 bits per heavy atom. The van der Waals surface area contributed by atoms with Crippen LogP contribution in [0.1, 0.15) is 36.6 Å². The lowest BCUT2D eigenvalue weighted by Crippen LogP contribution is -2.51. The number of carbonyl (C=O) groups excluding carboxylic acids is 2. The molecule has 45 heavy (non-hydrogen) atoms. The molecule has 1 fully saturated rings. The van der Waals surface area contributed by atoms with E-state index in [0.717, 1.165) is 12.1 Å². The summed E-state index contributed by atoms with van der Waals surface area (Å²) >= 11 is 0. The van der Waals surface area contributed by atoms with Crippen molar-refractivity contribution < 1.29 is 35.9 Å². The molecule has 3 heterocycles. The van der Waals surface area contributed by atoms with Gasteiger partial charge in [0, 0.05) is 30.5 Å². The van der Waals surface area contributed by atoms with Gasteiger partial charge in [-0.15, -0.1) is 0 Å². The number of aromatic nitrogens is 2. The summed E-state index contributed by atoms with van der Waals surface area (Å²) in [7, 11) is 0. The number of carbonyl (C=O) groups is 2. The Bertz CT molecular complexity index is 1710. The molecule has 1 aromatic heterocycles. The maximum atomic E-state index is 13.9. The average Bonchev–Trinajstić information content (AvgIpc) is 3.58. The van der Waals surface area contributed by atoms with Crippen LogP contribution >= 0.6 is 0 Å². The highest BCUT2D eigenvalue weighted by Gasteiger charge is 2.44. The van der Waals surface area contributed by atoms with E-state index in [-0.39, 0.29) is 43.1 Å². The first-order chi connectivity index (χ1) is 21.2. The zero-order chi connectivity index (χ0) is 32.7. The zero-order valence-electron chi connectivity index (χ0n) is 23.7. The number of likely N-dealkylation sites (tertiary alicyclic amines) is 1. The number of anilines is 1. The van der Waals surface area contributed by atoms with E-state index in [9.17, 15) is 41.2 Å². The molecule has 0 saturated carbocycles. The van der Waals surface area contributed by atoms with Crippen molar-refractivity contribution >= 4 is 23.3 Å². The number of nitrogens with one attached hydrogen (secondary N) is 1. The number of hydrogen-bond donors (Lipinski definition) is 1. The lowest BCUT2D eigenvalue weighted by Gasteiger charge is -2.34. The molecular formula is C30H25F6N7O2. The molecule has 0 atom stereocenters. The van der Waals surface area contributed by atoms with Gasteiger partial charge < -0.3 is 10.2 Å². The number of hydrogen-bond acceptors (Lipinski definition) is 5. The second-order valence-corrected chi connectivity index (χ2v) is 10.4. The highest BCUT2D eigenvalue weighted by molar-refractivity contribution is 5.94. The van der Waals surface area contributed by atoms with Crippen LogP contribution in [0.25, 0.3) is 11.4 Å². The van der Waals surface area contributed by atoms with Gasteiger partial charge >= 0.3 is 24.3 Å². The number of rotatable bonds is 4. The molecule has 0 aliphatic carbocycles. The Hall–Kier alpha value is -5.26. The van der Waals surface area contributed by atoms with Gasteiger partial charge in [-0.2, -0.15) is 36.7 Å². The summed E-state index contributed by atoms with van der Waals surface area (Å²) in [6.45, 7) is 5.17. The van der Waals surface area contributed by atoms with Crippen LogP contribution in [-0.2, 0) is 11.0 Å². The van der Waals surface area contributed by atoms with Crippen LogP contribution < -0.4 is 10.2 Å². The van der Waals surface area contributed by atoms with Crippen molar-refractivity contribution in [2.45, 2.75) is 38.2 Å². The Morgan fingerprint density at radius 2 is 1.67 bits per heavy atom. The fourth-order valence-electron chi connectivity index (χ4n) is 5.38. The molecule has 1 saturated heterocycles. The SMILES string of the molecule is C=C1N(C(=O)NC2CCN(C(=O)C(F)(F)F)CC2)C(c2ccnn2-c2ccc(C#N)cc2)=C(C)N1c1cccc(C(F)(F)F)c1. The lowest BCUT2D eigenvalue weighted by atomic mass is 10.1. The topological polar surface area (TPSA) is 97.5 Å². The van der Waals surface area contributed by atoms with E-state index >= 15 is 0 Å². The fraction of sp³-hybridized carbons (Fsp3) is 0.267. The quantitative estimate of drug-likeness (QED) is 0.357. The summed E-state index contributed by atoms with van der Waals surface area (Å²) in [5, 5.41) is 16.3. The number of amides is 3. The second-order valence-electron chi connectivity index (χ2n) is 10.4. The van der Waals surface area contributed by atoms with Crippen molar-refractivity contribution in [3.63, 3.8) is 0 Å². The summed E-state index contributed by atoms with van der Waals surface area (Å²) in [5.41, 5.74) is 1.05. The number of benzene rings is 2. The predicted molar refractivity (Wildman–Crippen MR) is 150 cm³/mol. The van der Waals surface area contributed by atoms with Crippen LogP contribution in [0.3, 0.4) is 0 Å². The van der Waals surface area contributed by atoms with Crippen LogP contribution in [0.4, 0.5) is 36.8 Å². The van der Waals surface area contributed by atoms with Crippen LogP contribution in [0.5, 0.6) is 0 Å². The van der Waals surface area contributed by atoms with Crippen molar-refractivity contribution in [2.75, 3.05) is 18.0 Å². The molecule has 2 aromatic carbocycles. The highest BCUT2D eigenvalue weighted by atomic mass is 19.4. The number of allylic oxidation sites excluding steroid dienone is 1. The molecule has 3 aromatic rings. The third-order valence-electron chi connectivity index (χ3n) is 7.53. The molecule has 2 aliphatic heterocycles. The molecular weight excluding hydrogens is 604 g/mol. The summed E-state index contributed by atoms with van der Waals surface area (Å²) in [5.74, 6) is -1.95. The third kappa shape index (κ3) is 6.08. The summed E-state index contributed by atoms with van der Waals surface area (Å²) in [4.78, 5) is 28.8. The normalized spacial score (nSPS) is 16.3. The molecule has 1 N–H and O–H groups in total. The average molecular weight is 630 g/mol. The van der Waals surface area contributed by atoms with E-state index in [1.807, 2.05) is 6.07 Å². The standard InChI is InChI=1S/C30H25F6N7O2/c1-18-26(25-10-13-38-43(25)23-8-6-20(17-37)7-9-23)42(19(2)41(18)24-5-3-4-21(16-24)29(31,32)33)28(45)39-22-11-14-40(15-12-22)27(44)30(34,35)36/h3-10,13,16,22H,2,11-12,14-15H2,1H3,(H,39,45). The van der Waals surface area contributed by atoms with Crippen molar-refractivity contribution in [3.05, 3.63) is 95.7 Å². The molecule has 5 rings (SSSR count). The molecule has 0 spiro atoms. The smallest absolute Gasteiger partial charge is 0.335 e. The minimum absolute atomic E-state index is 0.00316. The molecule has 0 radical (unpaired) electrons. The van der Waals surface area contributed by atoms with Gasteiger partial charge in [-0.1, -0.05) is 12.6 Å². The van der Waals surface area contributed by atoms with Gasteiger partial charge in [0.05, 0.1) is 40.5 Å². The first-order valence-corrected chi connectivity index (χ1v) is 13.6. The van der Waals surface area contributed by atoms with Gasteiger partial charge in [0.1, 0.15) is 5.82 Å². The molecule has 0 bridgehead atoms. The maximum Gasteiger partial charge on any atom is 0.471 e. The van der Waals surface area contributed by atoms with Gasteiger partial charge in [-0.05, 0) is 68.3 Å². The third-order valence-corrected chi connectivity index (χ3v) is 7.53. The Labute approximate surface area is 253 Å². The fourth-order valence-corrected chi connectivity index (χ4v) is 5.38. The van der Waals surface area contributed by atoms with Crippen molar-refractivity contribution in [1.29, 1.82) is 5.26 Å². The van der Waals surface area contributed by atoms with Gasteiger partial charge in [-0.3, -0.25) is 9.69 Å². The van der Waals surface area contributed by atoms with Gasteiger partial charge in [0.2, 0.25) is 0 Å². The van der Waals surface area contributed by atoms with Crippen LogP contribution in [0, 0.1) is 11.3 Å². The van der Waals surface area contributed by atoms with Crippen LogP contribution in [-0.4, -0.2) is 56.8 Å². The first kappa shape index (κ1) is 31.2. The predicted octanol–water partition coefficient (Wildman–Crippen LogP) is 6.01. The Morgan fingerprint density at radius 1 is 1.00 bits per heavy atom. The van der Waals surface area contributed by atoms with Crippen molar-refractivity contribution in [3.8, 4) is 11.8 Å². The largest absolute Gasteiger partial charge is 0.471 e. The van der Waals surface area contributed by atoms with E-state index in [4.69, 9.17) is 0 Å². The summed E-state index contributed by atoms with van der Waals surface area (Å²) in [6, 6.07) is 13.2. The molecule has 0 unspecified atom stereocenters. The zero-order valence-corrected chi connectivity index (χ0v) is 23.7. The number of nitriles is 1. The van der Waals surface area contributed by atoms with Gasteiger partial charge in [0.15, 0.2) is 0 Å². The first-order valence-electron chi connectivity index (χ1n) is 13.6. The molecule has 2 aliphatic rings. The monoisotopic (exact) mass is 629 g/mol. The number of piperidine rings is 1. The van der Waals surface area contributed by atoms with Crippen molar-refractivity contribution in [2.24, 2.45) is 0 Å². The van der Waals surface area contributed by atoms with E-state index in [0.29, 0.717) is 27.5 Å². The van der Waals surface area contributed by atoms with E-state index < -0.39 is 35.9 Å². The Kier molecular flexibility index (Phi) is 8.09. The number of nitrogens with zero attached hydrogens (tertiary/aromatic N) is 6. The van der Waals surface area contributed by atoms with Crippen LogP contribution in [0.2, 0.25) is 0 Å². The van der Waals surface area contributed by atoms with Crippen molar-refractivity contribution in [1.82, 2.24) is 24.9 Å². The Balaban J connectivity index is 1.50. The van der Waals surface area contributed by atoms with E-state index in [1.165, 1.54) is 32.8 Å². The second kappa shape index (κ2) is 11.7. The number of halogens is 6. The molecule has 3 amide bonds. The van der Waals surface area contributed by atoms with Crippen LogP contribution in [0.15, 0.2) is 78.9 Å². The number of alkyl halides is 6. The molecule has 15 heteroatoms. The number of urea groups is 1. The van der Waals surface area contributed by atoms with E-state index in [1.54, 1.807) is 37.3 Å². The van der Waals surface area contributed by atoms with Gasteiger partial charge in [0.25, 0.3) is 0 Å². The molecule has 9 nitrogen and oxygen atoms in total. The highest BCUT2D eigenvalue weighted by Crippen LogP contribution is 2.42. The summed E-state index contributed by atoms with van der Waals surface area (Å²) < 4.78 is 81.0. The minimum Gasteiger partial charge on any atom is -0.335 e. The molecule has 234 valence electrons. The lowest BCUT2D eigenvalue weighted by molar-refractivity contribution is -0.186. The van der Waals surface area contributed by atoms with E-state index in [2.05, 4.69) is 17.0 Å². The summed E-state index contributed by atoms with van der Waals surface area (Å²) in [6.07, 6.45) is -8.08. The minimum atomic E-state index is -5.01. The van der Waals surface area contributed by atoms with Gasteiger partial charge in [-0.25, -0.2) is 14.4 Å².